The first-order valence-electron chi connectivity index (χ1n) is 7.23. The molecule has 2 aromatic rings. The van der Waals surface area contributed by atoms with Gasteiger partial charge in [0.2, 0.25) is 0 Å². The lowest BCUT2D eigenvalue weighted by molar-refractivity contribution is 0.0351. The Balaban J connectivity index is 1.98. The minimum atomic E-state index is -0.115. The van der Waals surface area contributed by atoms with E-state index in [1.54, 1.807) is 6.20 Å². The molecule has 3 nitrogen and oxygen atoms in total. The van der Waals surface area contributed by atoms with Crippen LogP contribution in [-0.4, -0.2) is 17.6 Å². The number of halogens is 1. The second-order valence-corrected chi connectivity index (χ2v) is 5.42. The van der Waals surface area contributed by atoms with Crippen molar-refractivity contribution in [3.8, 4) is 0 Å². The van der Waals surface area contributed by atoms with Crippen LogP contribution in [0, 0.1) is 0 Å². The van der Waals surface area contributed by atoms with Gasteiger partial charge in [0.1, 0.15) is 0 Å². The van der Waals surface area contributed by atoms with Crippen LogP contribution in [0.5, 0.6) is 0 Å². The van der Waals surface area contributed by atoms with Gasteiger partial charge in [-0.1, -0.05) is 36.7 Å². The molecule has 2 atom stereocenters. The molecule has 0 saturated heterocycles. The summed E-state index contributed by atoms with van der Waals surface area (Å²) in [5.74, 6) is 0. The lowest BCUT2D eigenvalue weighted by Gasteiger charge is -2.24. The second kappa shape index (κ2) is 8.13. The molecule has 0 bridgehead atoms. The summed E-state index contributed by atoms with van der Waals surface area (Å²) in [6, 6.07) is 13.6. The summed E-state index contributed by atoms with van der Waals surface area (Å²) in [5.41, 5.74) is 8.28. The number of hydrogen-bond acceptors (Lipinski definition) is 3. The Morgan fingerprint density at radius 1 is 1.19 bits per heavy atom. The Hall–Kier alpha value is -1.42. The predicted octanol–water partition coefficient (Wildman–Crippen LogP) is 3.77. The van der Waals surface area contributed by atoms with Gasteiger partial charge in [-0.25, -0.2) is 0 Å². The first kappa shape index (κ1) is 16.0. The van der Waals surface area contributed by atoms with E-state index in [4.69, 9.17) is 22.1 Å². The van der Waals surface area contributed by atoms with Crippen molar-refractivity contribution in [2.75, 3.05) is 6.61 Å². The number of benzene rings is 1. The monoisotopic (exact) mass is 304 g/mol. The molecular formula is C17H21ClN2O. The third-order valence-corrected chi connectivity index (χ3v) is 3.69. The Morgan fingerprint density at radius 2 is 1.95 bits per heavy atom. The molecule has 4 heteroatoms. The van der Waals surface area contributed by atoms with Crippen molar-refractivity contribution >= 4 is 11.6 Å². The molecule has 112 valence electrons. The Kier molecular flexibility index (Phi) is 6.18. The molecule has 2 rings (SSSR count). The molecule has 0 aliphatic heterocycles. The maximum atomic E-state index is 6.19. The van der Waals surface area contributed by atoms with Crippen LogP contribution < -0.4 is 5.73 Å². The number of pyridine rings is 1. The largest absolute Gasteiger partial charge is 0.371 e. The summed E-state index contributed by atoms with van der Waals surface area (Å²) >= 11 is 5.93. The summed E-state index contributed by atoms with van der Waals surface area (Å²) in [5, 5.41) is 0.719. The number of hydrogen-bond donors (Lipinski definition) is 1. The van der Waals surface area contributed by atoms with Crippen LogP contribution in [0.4, 0.5) is 0 Å². The number of rotatable bonds is 7. The van der Waals surface area contributed by atoms with Crippen LogP contribution >= 0.6 is 11.6 Å². The van der Waals surface area contributed by atoms with Crippen LogP contribution in [0.25, 0.3) is 0 Å². The summed E-state index contributed by atoms with van der Waals surface area (Å²) in [4.78, 5) is 4.30. The van der Waals surface area contributed by atoms with Gasteiger partial charge < -0.3 is 10.5 Å². The van der Waals surface area contributed by atoms with E-state index >= 15 is 0 Å². The quantitative estimate of drug-likeness (QED) is 0.847. The zero-order valence-corrected chi connectivity index (χ0v) is 13.0. The molecule has 0 aliphatic carbocycles. The average molecular weight is 305 g/mol. The smallest absolute Gasteiger partial charge is 0.0975 e. The van der Waals surface area contributed by atoms with Crippen molar-refractivity contribution in [2.45, 2.75) is 31.9 Å². The van der Waals surface area contributed by atoms with Gasteiger partial charge in [-0.15, -0.1) is 0 Å². The van der Waals surface area contributed by atoms with Crippen molar-refractivity contribution < 1.29 is 4.74 Å². The van der Waals surface area contributed by atoms with Gasteiger partial charge in [0, 0.05) is 29.4 Å². The van der Waals surface area contributed by atoms with Crippen LogP contribution in [-0.2, 0) is 11.2 Å². The van der Waals surface area contributed by atoms with Crippen LogP contribution in [0.2, 0.25) is 5.02 Å². The van der Waals surface area contributed by atoms with Crippen LogP contribution in [0.15, 0.2) is 48.7 Å². The molecule has 0 radical (unpaired) electrons. The van der Waals surface area contributed by atoms with Gasteiger partial charge in [0.05, 0.1) is 12.7 Å². The summed E-state index contributed by atoms with van der Waals surface area (Å²) in [6.07, 6.45) is 3.32. The molecule has 2 unspecified atom stereocenters. The second-order valence-electron chi connectivity index (χ2n) is 4.99. The van der Waals surface area contributed by atoms with Crippen molar-refractivity contribution in [2.24, 2.45) is 5.73 Å². The molecule has 1 heterocycles. The van der Waals surface area contributed by atoms with Crippen molar-refractivity contribution in [1.82, 2.24) is 4.98 Å². The van der Waals surface area contributed by atoms with Crippen molar-refractivity contribution in [3.63, 3.8) is 0 Å². The van der Waals surface area contributed by atoms with E-state index in [2.05, 4.69) is 11.9 Å². The Bertz CT molecular complexity index is 530. The summed E-state index contributed by atoms with van der Waals surface area (Å²) < 4.78 is 6.02. The van der Waals surface area contributed by atoms with E-state index in [0.29, 0.717) is 6.61 Å². The molecular weight excluding hydrogens is 284 g/mol. The Labute approximate surface area is 131 Å². The van der Waals surface area contributed by atoms with Gasteiger partial charge in [-0.05, 0) is 36.2 Å². The highest BCUT2D eigenvalue weighted by atomic mass is 35.5. The number of ether oxygens (including phenoxy) is 1. The van der Waals surface area contributed by atoms with Gasteiger partial charge in [0.25, 0.3) is 0 Å². The first-order chi connectivity index (χ1) is 10.2. The van der Waals surface area contributed by atoms with Gasteiger partial charge >= 0.3 is 0 Å². The molecule has 0 aliphatic rings. The molecule has 0 fully saturated rings. The standard InChI is InChI=1S/C17H21ClN2O/c1-2-16(19)17(13-6-8-14(18)9-7-13)21-12-10-15-5-3-4-11-20-15/h3-9,11,16-17H,2,10,12,19H2,1H3. The molecule has 0 amide bonds. The minimum Gasteiger partial charge on any atom is -0.371 e. The molecule has 0 saturated carbocycles. The van der Waals surface area contributed by atoms with E-state index in [9.17, 15) is 0 Å². The zero-order valence-electron chi connectivity index (χ0n) is 12.2. The summed E-state index contributed by atoms with van der Waals surface area (Å²) in [7, 11) is 0. The number of nitrogens with zero attached hydrogens (tertiary/aromatic N) is 1. The minimum absolute atomic E-state index is 0.0325. The SMILES string of the molecule is CCC(N)C(OCCc1ccccn1)c1ccc(Cl)cc1. The summed E-state index contributed by atoms with van der Waals surface area (Å²) in [6.45, 7) is 2.66. The van der Waals surface area contributed by atoms with E-state index < -0.39 is 0 Å². The predicted molar refractivity (Wildman–Crippen MR) is 86.4 cm³/mol. The van der Waals surface area contributed by atoms with Gasteiger partial charge in [0.15, 0.2) is 0 Å². The normalized spacial score (nSPS) is 13.9. The van der Waals surface area contributed by atoms with E-state index in [1.165, 1.54) is 0 Å². The fraction of sp³-hybridized carbons (Fsp3) is 0.353. The molecule has 1 aromatic heterocycles. The van der Waals surface area contributed by atoms with E-state index in [1.807, 2.05) is 42.5 Å². The zero-order chi connectivity index (χ0) is 15.1. The molecule has 0 spiro atoms. The maximum Gasteiger partial charge on any atom is 0.0975 e. The fourth-order valence-corrected chi connectivity index (χ4v) is 2.30. The van der Waals surface area contributed by atoms with Crippen molar-refractivity contribution in [3.05, 3.63) is 64.9 Å². The highest BCUT2D eigenvalue weighted by Crippen LogP contribution is 2.24. The van der Waals surface area contributed by atoms with Gasteiger partial charge in [-0.3, -0.25) is 4.98 Å². The lowest BCUT2D eigenvalue weighted by atomic mass is 10.0. The number of aromatic nitrogens is 1. The van der Waals surface area contributed by atoms with E-state index in [-0.39, 0.29) is 12.1 Å². The van der Waals surface area contributed by atoms with E-state index in [0.717, 1.165) is 29.1 Å². The highest BCUT2D eigenvalue weighted by Gasteiger charge is 2.19. The topological polar surface area (TPSA) is 48.1 Å². The fourth-order valence-electron chi connectivity index (χ4n) is 2.17. The van der Waals surface area contributed by atoms with Crippen LogP contribution in [0.1, 0.15) is 30.7 Å². The van der Waals surface area contributed by atoms with Crippen LogP contribution in [0.3, 0.4) is 0 Å². The maximum absolute atomic E-state index is 6.19. The molecule has 1 aromatic carbocycles. The third kappa shape index (κ3) is 4.81. The first-order valence-corrected chi connectivity index (χ1v) is 7.61. The third-order valence-electron chi connectivity index (χ3n) is 3.44. The number of nitrogens with two attached hydrogens (primary N) is 1. The highest BCUT2D eigenvalue weighted by molar-refractivity contribution is 6.30. The van der Waals surface area contributed by atoms with Crippen molar-refractivity contribution in [1.29, 1.82) is 0 Å². The Morgan fingerprint density at radius 3 is 2.57 bits per heavy atom. The average Bonchev–Trinajstić information content (AvgIpc) is 2.53. The lowest BCUT2D eigenvalue weighted by Crippen LogP contribution is -2.30. The van der Waals surface area contributed by atoms with Gasteiger partial charge in [-0.2, -0.15) is 0 Å². The molecule has 21 heavy (non-hydrogen) atoms. The molecule has 2 N–H and O–H groups in total.